The summed E-state index contributed by atoms with van der Waals surface area (Å²) in [5.74, 6) is 12.8. The van der Waals surface area contributed by atoms with Crippen molar-refractivity contribution in [3.63, 3.8) is 0 Å². The number of nitrogens with two attached hydrogens (primary N) is 1. The van der Waals surface area contributed by atoms with Crippen LogP contribution in [-0.2, 0) is 4.79 Å². The van der Waals surface area contributed by atoms with Gasteiger partial charge < -0.3 is 11.1 Å². The Bertz CT molecular complexity index is 1730. The Morgan fingerprint density at radius 2 is 1.90 bits per heavy atom. The van der Waals surface area contributed by atoms with Crippen molar-refractivity contribution >= 4 is 34.6 Å². The number of hydrogen-bond donors (Lipinski definition) is 2. The quantitative estimate of drug-likeness (QED) is 0.361. The van der Waals surface area contributed by atoms with E-state index in [0.29, 0.717) is 16.5 Å². The molecule has 0 unspecified atom stereocenters. The largest absolute Gasteiger partial charge is 0.345 e. The standard InChI is InChI=1S/C30H26ClN7OS/c1-18-19(2)40-30-27(18)28(22-9-11-23(31)12-10-22)35-25(29-37-36-20(3)38(29)30)16-26(39)33-15-5-6-21-8-13-24(34-17-21)7-4-14-32/h8-13,17,25H,14-16,32H2,1-3H3,(H,33,39)/t25-/m0/s1. The lowest BCUT2D eigenvalue weighted by Gasteiger charge is -2.12. The van der Waals surface area contributed by atoms with Gasteiger partial charge in [0.25, 0.3) is 0 Å². The molecule has 8 nitrogen and oxygen atoms in total. The molecule has 0 radical (unpaired) electrons. The first-order valence-corrected chi connectivity index (χ1v) is 13.8. The zero-order chi connectivity index (χ0) is 28.2. The minimum atomic E-state index is -0.537. The number of carbonyl (C=O) groups is 1. The minimum absolute atomic E-state index is 0.0972. The van der Waals surface area contributed by atoms with Crippen LogP contribution in [0.1, 0.15) is 56.9 Å². The molecule has 1 aliphatic heterocycles. The van der Waals surface area contributed by atoms with Crippen molar-refractivity contribution in [2.45, 2.75) is 33.2 Å². The van der Waals surface area contributed by atoms with E-state index >= 15 is 0 Å². The van der Waals surface area contributed by atoms with Gasteiger partial charge in [0.2, 0.25) is 5.91 Å². The molecule has 3 aromatic heterocycles. The number of thiophene rings is 1. The van der Waals surface area contributed by atoms with Crippen molar-refractivity contribution in [1.82, 2.24) is 25.1 Å². The molecule has 0 aliphatic carbocycles. The van der Waals surface area contributed by atoms with Crippen molar-refractivity contribution in [2.75, 3.05) is 13.1 Å². The number of amides is 1. The van der Waals surface area contributed by atoms with E-state index in [1.807, 2.05) is 41.8 Å². The highest BCUT2D eigenvalue weighted by Gasteiger charge is 2.32. The number of aryl methyl sites for hydroxylation is 2. The fraction of sp³-hybridized carbons (Fsp3) is 0.233. The number of aromatic nitrogens is 4. The van der Waals surface area contributed by atoms with E-state index in [9.17, 15) is 4.79 Å². The number of fused-ring (bicyclic) bond motifs is 3. The summed E-state index contributed by atoms with van der Waals surface area (Å²) >= 11 is 7.85. The SMILES string of the molecule is Cc1sc2c(c1C)C(c1ccc(Cl)cc1)=N[C@@H](CC(=O)NCC#Cc1ccc(C#CCN)nc1)c1nnc(C)n1-2. The van der Waals surface area contributed by atoms with Crippen LogP contribution in [-0.4, -0.2) is 44.5 Å². The molecule has 4 heterocycles. The molecule has 0 bridgehead atoms. The van der Waals surface area contributed by atoms with Crippen LogP contribution in [0.25, 0.3) is 5.00 Å². The Morgan fingerprint density at radius 1 is 1.10 bits per heavy atom. The van der Waals surface area contributed by atoms with E-state index < -0.39 is 6.04 Å². The number of hydrogen-bond acceptors (Lipinski definition) is 7. The summed E-state index contributed by atoms with van der Waals surface area (Å²) in [6.07, 6.45) is 1.74. The zero-order valence-electron chi connectivity index (χ0n) is 22.2. The summed E-state index contributed by atoms with van der Waals surface area (Å²) in [5.41, 5.74) is 10.7. The lowest BCUT2D eigenvalue weighted by atomic mass is 9.99. The summed E-state index contributed by atoms with van der Waals surface area (Å²) in [5, 5.41) is 13.3. The molecule has 0 fully saturated rings. The van der Waals surface area contributed by atoms with Crippen LogP contribution in [0.4, 0.5) is 0 Å². The topological polar surface area (TPSA) is 111 Å². The van der Waals surface area contributed by atoms with Crippen LogP contribution >= 0.6 is 22.9 Å². The fourth-order valence-electron chi connectivity index (χ4n) is 4.35. The molecule has 10 heteroatoms. The van der Waals surface area contributed by atoms with Gasteiger partial charge in [-0.05, 0) is 56.5 Å². The van der Waals surface area contributed by atoms with Crippen LogP contribution in [0.3, 0.4) is 0 Å². The molecule has 1 aromatic carbocycles. The third-order valence-corrected chi connectivity index (χ3v) is 7.87. The zero-order valence-corrected chi connectivity index (χ0v) is 23.8. The molecule has 5 rings (SSSR count). The molecule has 3 N–H and O–H groups in total. The highest BCUT2D eigenvalue weighted by Crippen LogP contribution is 2.39. The Kier molecular flexibility index (Phi) is 8.09. The van der Waals surface area contributed by atoms with Crippen LogP contribution in [0.15, 0.2) is 47.6 Å². The molecular weight excluding hydrogens is 542 g/mol. The molecule has 1 aliphatic rings. The number of benzene rings is 1. The van der Waals surface area contributed by atoms with Crippen LogP contribution in [0.2, 0.25) is 5.02 Å². The van der Waals surface area contributed by atoms with Crippen molar-refractivity contribution in [2.24, 2.45) is 10.7 Å². The highest BCUT2D eigenvalue weighted by atomic mass is 35.5. The van der Waals surface area contributed by atoms with Crippen LogP contribution < -0.4 is 11.1 Å². The normalized spacial score (nSPS) is 13.5. The van der Waals surface area contributed by atoms with E-state index in [2.05, 4.69) is 58.0 Å². The second-order valence-corrected chi connectivity index (χ2v) is 10.8. The second-order valence-electron chi connectivity index (χ2n) is 9.13. The summed E-state index contributed by atoms with van der Waals surface area (Å²) in [7, 11) is 0. The van der Waals surface area contributed by atoms with Gasteiger partial charge in [-0.15, -0.1) is 21.5 Å². The first-order chi connectivity index (χ1) is 19.4. The number of aliphatic imine (C=N–C) groups is 1. The molecule has 0 saturated heterocycles. The molecular formula is C30H26ClN7OS. The number of halogens is 1. The third kappa shape index (κ3) is 5.68. The maximum atomic E-state index is 13.1. The number of pyridine rings is 1. The van der Waals surface area contributed by atoms with Gasteiger partial charge in [0.15, 0.2) is 5.82 Å². The van der Waals surface area contributed by atoms with Crippen LogP contribution in [0, 0.1) is 44.5 Å². The smallest absolute Gasteiger partial charge is 0.223 e. The highest BCUT2D eigenvalue weighted by molar-refractivity contribution is 7.15. The first kappa shape index (κ1) is 27.3. The average Bonchev–Trinajstić information content (AvgIpc) is 3.43. The van der Waals surface area contributed by atoms with Gasteiger partial charge in [0.1, 0.15) is 22.6 Å². The van der Waals surface area contributed by atoms with Crippen molar-refractivity contribution in [3.8, 4) is 28.7 Å². The van der Waals surface area contributed by atoms with E-state index in [1.165, 1.54) is 4.88 Å². The Morgan fingerprint density at radius 3 is 2.62 bits per heavy atom. The third-order valence-electron chi connectivity index (χ3n) is 6.42. The van der Waals surface area contributed by atoms with Gasteiger partial charge in [0, 0.05) is 32.8 Å². The van der Waals surface area contributed by atoms with Gasteiger partial charge >= 0.3 is 0 Å². The molecule has 4 aromatic rings. The maximum Gasteiger partial charge on any atom is 0.223 e. The molecule has 200 valence electrons. The predicted molar refractivity (Wildman–Crippen MR) is 158 cm³/mol. The number of carbonyl (C=O) groups excluding carboxylic acids is 1. The van der Waals surface area contributed by atoms with Gasteiger partial charge in [-0.3, -0.25) is 14.4 Å². The average molecular weight is 568 g/mol. The summed E-state index contributed by atoms with van der Waals surface area (Å²) in [4.78, 5) is 23.6. The van der Waals surface area contributed by atoms with E-state index in [0.717, 1.165) is 38.8 Å². The lowest BCUT2D eigenvalue weighted by molar-refractivity contribution is -0.121. The summed E-state index contributed by atoms with van der Waals surface area (Å²) in [6.45, 7) is 6.57. The second kappa shape index (κ2) is 11.8. The number of nitrogens with one attached hydrogen (secondary N) is 1. The summed E-state index contributed by atoms with van der Waals surface area (Å²) in [6, 6.07) is 10.7. The van der Waals surface area contributed by atoms with E-state index in [1.54, 1.807) is 23.6 Å². The molecule has 40 heavy (non-hydrogen) atoms. The number of rotatable bonds is 4. The lowest BCUT2D eigenvalue weighted by Crippen LogP contribution is -2.25. The van der Waals surface area contributed by atoms with E-state index in [4.69, 9.17) is 22.3 Å². The van der Waals surface area contributed by atoms with Gasteiger partial charge in [0.05, 0.1) is 25.2 Å². The van der Waals surface area contributed by atoms with Crippen molar-refractivity contribution < 1.29 is 4.79 Å². The Balaban J connectivity index is 1.39. The Hall–Kier alpha value is -4.28. The monoisotopic (exact) mass is 567 g/mol. The minimum Gasteiger partial charge on any atom is -0.345 e. The summed E-state index contributed by atoms with van der Waals surface area (Å²) < 4.78 is 2.03. The van der Waals surface area contributed by atoms with Gasteiger partial charge in [-0.25, -0.2) is 4.98 Å². The fourth-order valence-corrected chi connectivity index (χ4v) is 5.69. The van der Waals surface area contributed by atoms with E-state index in [-0.39, 0.29) is 25.4 Å². The predicted octanol–water partition coefficient (Wildman–Crippen LogP) is 4.06. The van der Waals surface area contributed by atoms with Crippen molar-refractivity contribution in [3.05, 3.63) is 92.1 Å². The van der Waals surface area contributed by atoms with Crippen LogP contribution in [0.5, 0.6) is 0 Å². The first-order valence-electron chi connectivity index (χ1n) is 12.6. The maximum absolute atomic E-state index is 13.1. The molecule has 0 spiro atoms. The van der Waals surface area contributed by atoms with Gasteiger partial charge in [-0.1, -0.05) is 41.5 Å². The number of nitrogens with zero attached hydrogens (tertiary/aromatic N) is 5. The molecule has 1 amide bonds. The molecule has 1 atom stereocenters. The van der Waals surface area contributed by atoms with Crippen molar-refractivity contribution in [1.29, 1.82) is 0 Å². The Labute approximate surface area is 241 Å². The molecule has 0 saturated carbocycles. The van der Waals surface area contributed by atoms with Gasteiger partial charge in [-0.2, -0.15) is 0 Å².